The van der Waals surface area contributed by atoms with Gasteiger partial charge in [-0.3, -0.25) is 4.79 Å². The van der Waals surface area contributed by atoms with Crippen molar-refractivity contribution in [2.45, 2.75) is 19.3 Å². The largest absolute Gasteiger partial charge is 0.481 e. The molecular formula is C12H13Cl3N2O3. The molecule has 0 aromatic heterocycles. The van der Waals surface area contributed by atoms with Crippen molar-refractivity contribution in [2.75, 3.05) is 11.9 Å². The molecule has 0 aliphatic heterocycles. The van der Waals surface area contributed by atoms with Crippen LogP contribution in [0.5, 0.6) is 0 Å². The molecule has 0 atom stereocenters. The highest BCUT2D eigenvalue weighted by molar-refractivity contribution is 6.42. The number of benzene rings is 1. The molecule has 5 nitrogen and oxygen atoms in total. The van der Waals surface area contributed by atoms with Gasteiger partial charge in [-0.1, -0.05) is 34.8 Å². The summed E-state index contributed by atoms with van der Waals surface area (Å²) >= 11 is 17.6. The molecule has 0 bridgehead atoms. The molecule has 3 N–H and O–H groups in total. The van der Waals surface area contributed by atoms with E-state index < -0.39 is 12.0 Å². The summed E-state index contributed by atoms with van der Waals surface area (Å²) in [4.78, 5) is 21.9. The van der Waals surface area contributed by atoms with Crippen molar-refractivity contribution in [3.8, 4) is 0 Å². The molecule has 0 fully saturated rings. The third-order valence-corrected chi connectivity index (χ3v) is 3.16. The first-order chi connectivity index (χ1) is 9.40. The maximum Gasteiger partial charge on any atom is 0.319 e. The Morgan fingerprint density at radius 2 is 1.70 bits per heavy atom. The molecule has 0 saturated heterocycles. The van der Waals surface area contributed by atoms with E-state index in [1.807, 2.05) is 0 Å². The van der Waals surface area contributed by atoms with Crippen molar-refractivity contribution in [1.29, 1.82) is 0 Å². The molecule has 1 rings (SSSR count). The zero-order valence-electron chi connectivity index (χ0n) is 10.4. The molecule has 0 saturated carbocycles. The van der Waals surface area contributed by atoms with E-state index in [0.717, 1.165) is 0 Å². The van der Waals surface area contributed by atoms with Crippen molar-refractivity contribution in [3.63, 3.8) is 0 Å². The summed E-state index contributed by atoms with van der Waals surface area (Å²) in [5, 5.41) is 14.4. The number of carbonyl (C=O) groups is 2. The number of rotatable bonds is 6. The number of unbranched alkanes of at least 4 members (excludes halogenated alkanes) is 1. The van der Waals surface area contributed by atoms with Crippen molar-refractivity contribution < 1.29 is 14.7 Å². The summed E-state index contributed by atoms with van der Waals surface area (Å²) in [6.45, 7) is 0.363. The Morgan fingerprint density at radius 3 is 2.25 bits per heavy atom. The molecule has 0 radical (unpaired) electrons. The van der Waals surface area contributed by atoms with Gasteiger partial charge < -0.3 is 15.7 Å². The minimum absolute atomic E-state index is 0.0815. The molecule has 0 aliphatic carbocycles. The van der Waals surface area contributed by atoms with Crippen molar-refractivity contribution in [1.82, 2.24) is 5.32 Å². The molecule has 110 valence electrons. The van der Waals surface area contributed by atoms with Crippen LogP contribution in [0.2, 0.25) is 15.1 Å². The standard InChI is InChI=1S/C12H13Cl3N2O3/c13-7-5-8(14)11(9(15)6-7)17-12(20)16-4-2-1-3-10(18)19/h5-6H,1-4H2,(H,18,19)(H2,16,17,20). The van der Waals surface area contributed by atoms with Gasteiger partial charge in [-0.25, -0.2) is 4.79 Å². The lowest BCUT2D eigenvalue weighted by Gasteiger charge is -2.10. The molecule has 2 amide bonds. The predicted octanol–water partition coefficient (Wildman–Crippen LogP) is 4.02. The Kier molecular flexibility index (Phi) is 6.91. The Labute approximate surface area is 131 Å². The van der Waals surface area contributed by atoms with Crippen LogP contribution in [0.15, 0.2) is 12.1 Å². The van der Waals surface area contributed by atoms with Crippen LogP contribution in [0, 0.1) is 0 Å². The molecule has 0 aliphatic rings. The average Bonchev–Trinajstić information content (AvgIpc) is 2.33. The van der Waals surface area contributed by atoms with Crippen LogP contribution < -0.4 is 10.6 Å². The van der Waals surface area contributed by atoms with Gasteiger partial charge in [0.15, 0.2) is 0 Å². The summed E-state index contributed by atoms with van der Waals surface area (Å²) in [6.07, 6.45) is 1.15. The molecule has 0 spiro atoms. The second-order valence-electron chi connectivity index (χ2n) is 3.98. The number of anilines is 1. The van der Waals surface area contributed by atoms with Gasteiger partial charge in [-0.2, -0.15) is 0 Å². The minimum Gasteiger partial charge on any atom is -0.481 e. The lowest BCUT2D eigenvalue weighted by molar-refractivity contribution is -0.137. The molecule has 1 aromatic rings. The van der Waals surface area contributed by atoms with Gasteiger partial charge in [0, 0.05) is 18.0 Å². The number of halogens is 3. The Morgan fingerprint density at radius 1 is 1.10 bits per heavy atom. The summed E-state index contributed by atoms with van der Waals surface area (Å²) in [5.74, 6) is -0.853. The van der Waals surface area contributed by atoms with Crippen LogP contribution in [0.3, 0.4) is 0 Å². The van der Waals surface area contributed by atoms with E-state index >= 15 is 0 Å². The first kappa shape index (κ1) is 16.9. The van der Waals surface area contributed by atoms with Crippen molar-refractivity contribution in [3.05, 3.63) is 27.2 Å². The third kappa shape index (κ3) is 5.86. The van der Waals surface area contributed by atoms with Crippen molar-refractivity contribution in [2.24, 2.45) is 0 Å². The van der Waals surface area contributed by atoms with E-state index in [4.69, 9.17) is 39.9 Å². The summed E-state index contributed by atoms with van der Waals surface area (Å²) in [5.41, 5.74) is 0.278. The minimum atomic E-state index is -0.853. The maximum absolute atomic E-state index is 11.6. The smallest absolute Gasteiger partial charge is 0.319 e. The number of amides is 2. The van der Waals surface area contributed by atoms with E-state index in [0.29, 0.717) is 24.4 Å². The first-order valence-corrected chi connectivity index (χ1v) is 6.94. The van der Waals surface area contributed by atoms with Crippen LogP contribution in [0.4, 0.5) is 10.5 Å². The van der Waals surface area contributed by atoms with E-state index in [-0.39, 0.29) is 22.2 Å². The second kappa shape index (κ2) is 8.19. The molecule has 0 unspecified atom stereocenters. The normalized spacial score (nSPS) is 10.2. The number of aliphatic carboxylic acids is 1. The van der Waals surface area contributed by atoms with Gasteiger partial charge in [0.1, 0.15) is 0 Å². The summed E-state index contributed by atoms with van der Waals surface area (Å²) < 4.78 is 0. The monoisotopic (exact) mass is 338 g/mol. The zero-order chi connectivity index (χ0) is 15.1. The van der Waals surface area contributed by atoms with Gasteiger partial charge in [0.2, 0.25) is 0 Å². The van der Waals surface area contributed by atoms with Crippen LogP contribution in [-0.4, -0.2) is 23.7 Å². The number of nitrogens with one attached hydrogen (secondary N) is 2. The molecule has 20 heavy (non-hydrogen) atoms. The van der Waals surface area contributed by atoms with E-state index in [1.54, 1.807) is 0 Å². The fraction of sp³-hybridized carbons (Fsp3) is 0.333. The predicted molar refractivity (Wildman–Crippen MR) is 80.0 cm³/mol. The summed E-state index contributed by atoms with van der Waals surface area (Å²) in [6, 6.07) is 2.47. The average molecular weight is 340 g/mol. The van der Waals surface area contributed by atoms with Crippen LogP contribution in [-0.2, 0) is 4.79 Å². The maximum atomic E-state index is 11.6. The number of carboxylic acid groups (broad SMARTS) is 1. The number of urea groups is 1. The number of hydrogen-bond donors (Lipinski definition) is 3. The van der Waals surface area contributed by atoms with Gasteiger partial charge in [0.05, 0.1) is 15.7 Å². The highest BCUT2D eigenvalue weighted by Gasteiger charge is 2.10. The van der Waals surface area contributed by atoms with E-state index in [9.17, 15) is 9.59 Å². The number of carboxylic acids is 1. The quantitative estimate of drug-likeness (QED) is 0.685. The second-order valence-corrected chi connectivity index (χ2v) is 5.23. The summed E-state index contributed by atoms with van der Waals surface area (Å²) in [7, 11) is 0. The van der Waals surface area contributed by atoms with Crippen LogP contribution in [0.25, 0.3) is 0 Å². The molecule has 8 heteroatoms. The lowest BCUT2D eigenvalue weighted by Crippen LogP contribution is -2.29. The molecule has 0 heterocycles. The zero-order valence-corrected chi connectivity index (χ0v) is 12.6. The molecular weight excluding hydrogens is 327 g/mol. The Hall–Kier alpha value is -1.17. The van der Waals surface area contributed by atoms with Gasteiger partial charge >= 0.3 is 12.0 Å². The van der Waals surface area contributed by atoms with Crippen LogP contribution >= 0.6 is 34.8 Å². The number of carbonyl (C=O) groups excluding carboxylic acids is 1. The third-order valence-electron chi connectivity index (χ3n) is 2.35. The van der Waals surface area contributed by atoms with Crippen LogP contribution in [0.1, 0.15) is 19.3 Å². The van der Waals surface area contributed by atoms with Crippen molar-refractivity contribution >= 4 is 52.5 Å². The Bertz CT molecular complexity index is 486. The number of hydrogen-bond acceptors (Lipinski definition) is 2. The van der Waals surface area contributed by atoms with Gasteiger partial charge in [-0.15, -0.1) is 0 Å². The highest BCUT2D eigenvalue weighted by Crippen LogP contribution is 2.33. The fourth-order valence-corrected chi connectivity index (χ4v) is 2.33. The fourth-order valence-electron chi connectivity index (χ4n) is 1.42. The highest BCUT2D eigenvalue weighted by atomic mass is 35.5. The lowest BCUT2D eigenvalue weighted by atomic mass is 10.2. The SMILES string of the molecule is O=C(O)CCCCNC(=O)Nc1c(Cl)cc(Cl)cc1Cl. The topological polar surface area (TPSA) is 78.4 Å². The molecule has 1 aromatic carbocycles. The first-order valence-electron chi connectivity index (χ1n) is 5.81. The van der Waals surface area contributed by atoms with E-state index in [1.165, 1.54) is 12.1 Å². The van der Waals surface area contributed by atoms with E-state index in [2.05, 4.69) is 10.6 Å². The Balaban J connectivity index is 2.41. The van der Waals surface area contributed by atoms with Gasteiger partial charge in [-0.05, 0) is 25.0 Å². The van der Waals surface area contributed by atoms with Gasteiger partial charge in [0.25, 0.3) is 0 Å².